The van der Waals surface area contributed by atoms with Gasteiger partial charge in [0.1, 0.15) is 0 Å². The summed E-state index contributed by atoms with van der Waals surface area (Å²) in [5.74, 6) is -0.292. The Morgan fingerprint density at radius 2 is 2.16 bits per heavy atom. The Labute approximate surface area is 115 Å². The number of carbonyl (C=O) groups excluding carboxylic acids is 1. The van der Waals surface area contributed by atoms with Crippen LogP contribution in [0.3, 0.4) is 0 Å². The van der Waals surface area contributed by atoms with Gasteiger partial charge in [0, 0.05) is 12.6 Å². The van der Waals surface area contributed by atoms with Gasteiger partial charge in [0.25, 0.3) is 0 Å². The number of carbonyl (C=O) groups is 1. The van der Waals surface area contributed by atoms with Gasteiger partial charge in [0.05, 0.1) is 17.4 Å². The number of hydrogen-bond donors (Lipinski definition) is 2. The minimum Gasteiger partial charge on any atom is -0.354 e. The van der Waals surface area contributed by atoms with E-state index in [4.69, 9.17) is 0 Å². The second-order valence-electron chi connectivity index (χ2n) is 6.44. The van der Waals surface area contributed by atoms with Gasteiger partial charge in [-0.2, -0.15) is 0 Å². The zero-order valence-electron chi connectivity index (χ0n) is 11.7. The van der Waals surface area contributed by atoms with Crippen LogP contribution in [0.5, 0.6) is 0 Å². The van der Waals surface area contributed by atoms with Crippen molar-refractivity contribution in [2.24, 2.45) is 11.3 Å². The Hall–Kier alpha value is -0.620. The highest BCUT2D eigenvalue weighted by atomic mass is 32.2. The second kappa shape index (κ2) is 5.40. The average Bonchev–Trinajstić information content (AvgIpc) is 2.67. The number of rotatable bonds is 3. The summed E-state index contributed by atoms with van der Waals surface area (Å²) in [7, 11) is -2.98. The zero-order valence-corrected chi connectivity index (χ0v) is 12.6. The second-order valence-corrected chi connectivity index (χ2v) is 8.67. The lowest BCUT2D eigenvalue weighted by Gasteiger charge is -2.39. The molecule has 5 nitrogen and oxygen atoms in total. The molecule has 2 aliphatic rings. The van der Waals surface area contributed by atoms with E-state index in [2.05, 4.69) is 24.5 Å². The van der Waals surface area contributed by atoms with Gasteiger partial charge in [-0.3, -0.25) is 4.79 Å². The molecule has 0 spiro atoms. The Bertz CT molecular complexity index is 445. The normalized spacial score (nSPS) is 32.9. The van der Waals surface area contributed by atoms with E-state index in [0.717, 1.165) is 19.4 Å². The lowest BCUT2D eigenvalue weighted by Crippen LogP contribution is -2.53. The Balaban J connectivity index is 1.84. The number of piperidine rings is 1. The molecule has 0 aromatic heterocycles. The predicted molar refractivity (Wildman–Crippen MR) is 74.6 cm³/mol. The van der Waals surface area contributed by atoms with Gasteiger partial charge in [-0.25, -0.2) is 8.42 Å². The highest BCUT2D eigenvalue weighted by Crippen LogP contribution is 2.29. The van der Waals surface area contributed by atoms with Crippen molar-refractivity contribution in [3.05, 3.63) is 0 Å². The van der Waals surface area contributed by atoms with Crippen LogP contribution >= 0.6 is 0 Å². The van der Waals surface area contributed by atoms with Gasteiger partial charge < -0.3 is 10.6 Å². The molecule has 1 amide bonds. The zero-order chi connectivity index (χ0) is 14.1. The molecule has 19 heavy (non-hydrogen) atoms. The van der Waals surface area contributed by atoms with Crippen LogP contribution in [0.1, 0.15) is 33.1 Å². The number of amides is 1. The van der Waals surface area contributed by atoms with Crippen molar-refractivity contribution in [2.45, 2.75) is 39.2 Å². The average molecular weight is 288 g/mol. The third-order valence-corrected chi connectivity index (χ3v) is 6.18. The van der Waals surface area contributed by atoms with Crippen LogP contribution in [0, 0.1) is 11.3 Å². The van der Waals surface area contributed by atoms with E-state index >= 15 is 0 Å². The topological polar surface area (TPSA) is 75.3 Å². The van der Waals surface area contributed by atoms with Crippen LogP contribution in [-0.2, 0) is 14.6 Å². The third-order valence-electron chi connectivity index (χ3n) is 4.42. The molecular weight excluding hydrogens is 264 g/mol. The molecule has 0 saturated carbocycles. The fourth-order valence-corrected chi connectivity index (χ4v) is 4.71. The standard InChI is InChI=1S/C13H24N2O3S/c1-13(2)5-3-6-14-11(13)8-15-12(16)10-4-7-19(17,18)9-10/h10-11,14H,3-9H2,1-2H3,(H,15,16). The Kier molecular flexibility index (Phi) is 4.20. The highest BCUT2D eigenvalue weighted by Gasteiger charge is 2.35. The molecule has 110 valence electrons. The molecule has 2 unspecified atom stereocenters. The van der Waals surface area contributed by atoms with Crippen molar-refractivity contribution in [2.75, 3.05) is 24.6 Å². The van der Waals surface area contributed by atoms with Crippen molar-refractivity contribution in [3.63, 3.8) is 0 Å². The van der Waals surface area contributed by atoms with E-state index < -0.39 is 9.84 Å². The maximum atomic E-state index is 12.0. The van der Waals surface area contributed by atoms with Gasteiger partial charge in [0.15, 0.2) is 9.84 Å². The first-order valence-electron chi connectivity index (χ1n) is 7.02. The monoisotopic (exact) mass is 288 g/mol. The smallest absolute Gasteiger partial charge is 0.224 e. The summed E-state index contributed by atoms with van der Waals surface area (Å²) in [5.41, 5.74) is 0.174. The summed E-state index contributed by atoms with van der Waals surface area (Å²) >= 11 is 0. The summed E-state index contributed by atoms with van der Waals surface area (Å²) in [6, 6.07) is 0.267. The van der Waals surface area contributed by atoms with E-state index in [-0.39, 0.29) is 34.8 Å². The van der Waals surface area contributed by atoms with Crippen molar-refractivity contribution in [1.29, 1.82) is 0 Å². The summed E-state index contributed by atoms with van der Waals surface area (Å²) in [6.45, 7) is 5.98. The molecule has 2 saturated heterocycles. The molecule has 0 bridgehead atoms. The maximum absolute atomic E-state index is 12.0. The Morgan fingerprint density at radius 1 is 1.42 bits per heavy atom. The molecular formula is C13H24N2O3S. The Morgan fingerprint density at radius 3 is 2.74 bits per heavy atom. The third kappa shape index (κ3) is 3.69. The molecule has 0 aromatic rings. The lowest BCUT2D eigenvalue weighted by atomic mass is 9.77. The van der Waals surface area contributed by atoms with Crippen molar-refractivity contribution in [1.82, 2.24) is 10.6 Å². The summed E-state index contributed by atoms with van der Waals surface area (Å²) in [5, 5.41) is 6.36. The van der Waals surface area contributed by atoms with Crippen molar-refractivity contribution >= 4 is 15.7 Å². The van der Waals surface area contributed by atoms with Crippen LogP contribution in [-0.4, -0.2) is 45.0 Å². The maximum Gasteiger partial charge on any atom is 0.224 e. The van der Waals surface area contributed by atoms with E-state index in [1.54, 1.807) is 0 Å². The molecule has 0 radical (unpaired) electrons. The summed E-state index contributed by atoms with van der Waals surface area (Å²) < 4.78 is 22.7. The van der Waals surface area contributed by atoms with Crippen LogP contribution in [0.15, 0.2) is 0 Å². The lowest BCUT2D eigenvalue weighted by molar-refractivity contribution is -0.124. The largest absolute Gasteiger partial charge is 0.354 e. The first-order chi connectivity index (χ1) is 8.80. The van der Waals surface area contributed by atoms with Crippen molar-refractivity contribution < 1.29 is 13.2 Å². The van der Waals surface area contributed by atoms with E-state index in [1.165, 1.54) is 0 Å². The first kappa shape index (κ1) is 14.8. The van der Waals surface area contributed by atoms with Gasteiger partial charge in [0.2, 0.25) is 5.91 Å². The van der Waals surface area contributed by atoms with Crippen LogP contribution < -0.4 is 10.6 Å². The molecule has 0 aliphatic carbocycles. The quantitative estimate of drug-likeness (QED) is 0.784. The molecule has 2 heterocycles. The highest BCUT2D eigenvalue weighted by molar-refractivity contribution is 7.91. The van der Waals surface area contributed by atoms with Gasteiger partial charge in [-0.05, 0) is 31.2 Å². The van der Waals surface area contributed by atoms with Crippen molar-refractivity contribution in [3.8, 4) is 0 Å². The fourth-order valence-electron chi connectivity index (χ4n) is 2.97. The van der Waals surface area contributed by atoms with Gasteiger partial charge >= 0.3 is 0 Å². The minimum atomic E-state index is -2.98. The van der Waals surface area contributed by atoms with E-state index in [1.807, 2.05) is 0 Å². The predicted octanol–water partition coefficient (Wildman–Crippen LogP) is 0.316. The number of hydrogen-bond acceptors (Lipinski definition) is 4. The van der Waals surface area contributed by atoms with Crippen LogP contribution in [0.4, 0.5) is 0 Å². The van der Waals surface area contributed by atoms with Crippen LogP contribution in [0.2, 0.25) is 0 Å². The first-order valence-corrected chi connectivity index (χ1v) is 8.84. The van der Waals surface area contributed by atoms with Crippen LogP contribution in [0.25, 0.3) is 0 Å². The molecule has 6 heteroatoms. The molecule has 2 atom stereocenters. The number of sulfone groups is 1. The minimum absolute atomic E-state index is 0.0142. The molecule has 0 aromatic carbocycles. The molecule has 2 N–H and O–H groups in total. The fraction of sp³-hybridized carbons (Fsp3) is 0.923. The summed E-state index contributed by atoms with van der Waals surface area (Å²) in [6.07, 6.45) is 2.78. The van der Waals surface area contributed by atoms with Gasteiger partial charge in [-0.1, -0.05) is 13.8 Å². The van der Waals surface area contributed by atoms with E-state index in [9.17, 15) is 13.2 Å². The number of nitrogens with one attached hydrogen (secondary N) is 2. The SMILES string of the molecule is CC1(C)CCCNC1CNC(=O)C1CCS(=O)(=O)C1. The molecule has 2 aliphatic heterocycles. The summed E-state index contributed by atoms with van der Waals surface area (Å²) in [4.78, 5) is 12.0. The molecule has 2 fully saturated rings. The molecule has 2 rings (SSSR count). The van der Waals surface area contributed by atoms with E-state index in [0.29, 0.717) is 13.0 Å². The van der Waals surface area contributed by atoms with Gasteiger partial charge in [-0.15, -0.1) is 0 Å².